The molecule has 0 atom stereocenters. The molecule has 2 aromatic heterocycles. The van der Waals surface area contributed by atoms with E-state index in [0.29, 0.717) is 18.1 Å². The van der Waals surface area contributed by atoms with E-state index in [0.717, 1.165) is 11.3 Å². The molecular formula is C11H16N4O. The number of hydrogen-bond donors (Lipinski definition) is 2. The van der Waals surface area contributed by atoms with E-state index < -0.39 is 5.54 Å². The van der Waals surface area contributed by atoms with E-state index in [9.17, 15) is 0 Å². The molecule has 2 aromatic rings. The zero-order chi connectivity index (χ0) is 11.8. The minimum Gasteiger partial charge on any atom is -0.478 e. The Morgan fingerprint density at radius 1 is 1.38 bits per heavy atom. The summed E-state index contributed by atoms with van der Waals surface area (Å²) in [6.07, 6.45) is 0. The van der Waals surface area contributed by atoms with Crippen molar-refractivity contribution >= 4 is 11.2 Å². The van der Waals surface area contributed by atoms with Gasteiger partial charge in [0.1, 0.15) is 5.82 Å². The molecular weight excluding hydrogens is 204 g/mol. The van der Waals surface area contributed by atoms with Crippen molar-refractivity contribution in [1.29, 1.82) is 0 Å². The molecule has 2 heterocycles. The average Bonchev–Trinajstić information content (AvgIpc) is 2.60. The van der Waals surface area contributed by atoms with Crippen LogP contribution in [0.1, 0.15) is 26.6 Å². The first-order valence-electron chi connectivity index (χ1n) is 5.29. The van der Waals surface area contributed by atoms with E-state index in [1.165, 1.54) is 0 Å². The smallest absolute Gasteiger partial charge is 0.215 e. The van der Waals surface area contributed by atoms with Gasteiger partial charge in [0.2, 0.25) is 5.88 Å². The molecule has 0 fully saturated rings. The molecule has 0 aliphatic heterocycles. The lowest BCUT2D eigenvalue weighted by atomic mass is 10.1. The summed E-state index contributed by atoms with van der Waals surface area (Å²) in [4.78, 5) is 11.8. The van der Waals surface area contributed by atoms with Gasteiger partial charge in [0.25, 0.3) is 0 Å². The first-order chi connectivity index (χ1) is 7.50. The topological polar surface area (TPSA) is 76.8 Å². The molecule has 0 saturated heterocycles. The van der Waals surface area contributed by atoms with Crippen molar-refractivity contribution in [2.45, 2.75) is 26.3 Å². The molecule has 16 heavy (non-hydrogen) atoms. The van der Waals surface area contributed by atoms with Gasteiger partial charge < -0.3 is 15.5 Å². The molecule has 0 unspecified atom stereocenters. The predicted octanol–water partition coefficient (Wildman–Crippen LogP) is 1.55. The van der Waals surface area contributed by atoms with Crippen LogP contribution in [0.2, 0.25) is 0 Å². The van der Waals surface area contributed by atoms with E-state index in [1.807, 2.05) is 32.9 Å². The number of rotatable bonds is 3. The summed E-state index contributed by atoms with van der Waals surface area (Å²) < 4.78 is 5.31. The second-order valence-electron chi connectivity index (χ2n) is 4.26. The third-order valence-electron chi connectivity index (χ3n) is 2.22. The number of aromatic nitrogens is 3. The Morgan fingerprint density at radius 2 is 2.12 bits per heavy atom. The van der Waals surface area contributed by atoms with Crippen molar-refractivity contribution < 1.29 is 4.74 Å². The number of fused-ring (bicyclic) bond motifs is 1. The minimum absolute atomic E-state index is 0.494. The van der Waals surface area contributed by atoms with Gasteiger partial charge in [-0.1, -0.05) is 0 Å². The van der Waals surface area contributed by atoms with Crippen LogP contribution in [0.4, 0.5) is 0 Å². The Labute approximate surface area is 94.0 Å². The molecule has 0 aromatic carbocycles. The van der Waals surface area contributed by atoms with Gasteiger partial charge in [-0.05, 0) is 26.8 Å². The van der Waals surface area contributed by atoms with E-state index in [2.05, 4.69) is 15.0 Å². The normalized spacial score (nSPS) is 12.0. The fourth-order valence-electron chi connectivity index (χ4n) is 1.41. The Hall–Kier alpha value is -1.62. The second kappa shape index (κ2) is 3.75. The van der Waals surface area contributed by atoms with Gasteiger partial charge >= 0.3 is 0 Å². The maximum Gasteiger partial charge on any atom is 0.215 e. The van der Waals surface area contributed by atoms with Crippen LogP contribution >= 0.6 is 0 Å². The maximum atomic E-state index is 5.96. The third kappa shape index (κ3) is 1.99. The molecule has 0 aliphatic carbocycles. The fraction of sp³-hybridized carbons (Fsp3) is 0.455. The van der Waals surface area contributed by atoms with Gasteiger partial charge in [-0.15, -0.1) is 0 Å². The summed E-state index contributed by atoms with van der Waals surface area (Å²) >= 11 is 0. The number of ether oxygens (including phenoxy) is 1. The van der Waals surface area contributed by atoms with E-state index in [-0.39, 0.29) is 0 Å². The molecule has 0 bridgehead atoms. The Balaban J connectivity index is 2.46. The van der Waals surface area contributed by atoms with E-state index >= 15 is 0 Å². The van der Waals surface area contributed by atoms with Crippen LogP contribution in [-0.4, -0.2) is 21.6 Å². The summed E-state index contributed by atoms with van der Waals surface area (Å²) in [5.74, 6) is 1.31. The van der Waals surface area contributed by atoms with Crippen molar-refractivity contribution in [3.63, 3.8) is 0 Å². The Kier molecular flexibility index (Phi) is 2.55. The largest absolute Gasteiger partial charge is 0.478 e. The highest BCUT2D eigenvalue weighted by atomic mass is 16.5. The molecule has 5 nitrogen and oxygen atoms in total. The molecule has 0 saturated carbocycles. The summed E-state index contributed by atoms with van der Waals surface area (Å²) in [6.45, 7) is 6.31. The van der Waals surface area contributed by atoms with Crippen LogP contribution in [0, 0.1) is 0 Å². The predicted molar refractivity (Wildman–Crippen MR) is 62.3 cm³/mol. The number of nitrogens with two attached hydrogens (primary N) is 1. The highest BCUT2D eigenvalue weighted by Gasteiger charge is 2.19. The molecule has 0 radical (unpaired) electrons. The lowest BCUT2D eigenvalue weighted by molar-refractivity contribution is 0.328. The fourth-order valence-corrected chi connectivity index (χ4v) is 1.41. The summed E-state index contributed by atoms with van der Waals surface area (Å²) in [5, 5.41) is 0. The lowest BCUT2D eigenvalue weighted by Gasteiger charge is -2.13. The van der Waals surface area contributed by atoms with Crippen LogP contribution in [0.3, 0.4) is 0 Å². The molecule has 0 aliphatic rings. The van der Waals surface area contributed by atoms with Crippen LogP contribution in [0.5, 0.6) is 5.88 Å². The highest BCUT2D eigenvalue weighted by Crippen LogP contribution is 2.19. The number of nitrogens with zero attached hydrogens (tertiary/aromatic N) is 2. The van der Waals surface area contributed by atoms with Crippen molar-refractivity contribution in [2.75, 3.05) is 6.61 Å². The van der Waals surface area contributed by atoms with Gasteiger partial charge in [0, 0.05) is 6.07 Å². The number of imidazole rings is 1. The van der Waals surface area contributed by atoms with Gasteiger partial charge in [0.05, 0.1) is 17.7 Å². The van der Waals surface area contributed by atoms with Gasteiger partial charge in [-0.3, -0.25) is 0 Å². The van der Waals surface area contributed by atoms with Crippen molar-refractivity contribution in [3.8, 4) is 5.88 Å². The van der Waals surface area contributed by atoms with E-state index in [4.69, 9.17) is 10.5 Å². The zero-order valence-electron chi connectivity index (χ0n) is 9.74. The quantitative estimate of drug-likeness (QED) is 0.822. The minimum atomic E-state index is -0.494. The monoisotopic (exact) mass is 220 g/mol. The van der Waals surface area contributed by atoms with E-state index in [1.54, 1.807) is 0 Å². The van der Waals surface area contributed by atoms with Gasteiger partial charge in [-0.25, -0.2) is 4.98 Å². The van der Waals surface area contributed by atoms with Crippen molar-refractivity contribution in [3.05, 3.63) is 18.0 Å². The molecule has 2 rings (SSSR count). The standard InChI is InChI=1S/C11H16N4O/c1-4-16-8-6-5-7-9(14-8)15-10(13-7)11(2,3)12/h5-6H,4,12H2,1-3H3,(H,13,14,15). The number of H-pyrrole nitrogens is 1. The molecule has 3 N–H and O–H groups in total. The van der Waals surface area contributed by atoms with Crippen LogP contribution in [0.25, 0.3) is 11.2 Å². The van der Waals surface area contributed by atoms with Crippen LogP contribution in [-0.2, 0) is 5.54 Å². The summed E-state index contributed by atoms with van der Waals surface area (Å²) in [5.41, 5.74) is 6.98. The first kappa shape index (κ1) is 10.9. The average molecular weight is 220 g/mol. The summed E-state index contributed by atoms with van der Waals surface area (Å²) in [7, 11) is 0. The van der Waals surface area contributed by atoms with Crippen LogP contribution in [0.15, 0.2) is 12.1 Å². The van der Waals surface area contributed by atoms with Crippen molar-refractivity contribution in [2.24, 2.45) is 5.73 Å². The SMILES string of the molecule is CCOc1ccc2[nH]c(C(C)(C)N)nc2n1. The van der Waals surface area contributed by atoms with Gasteiger partial charge in [0.15, 0.2) is 5.65 Å². The molecule has 5 heteroatoms. The number of pyridine rings is 1. The molecule has 0 amide bonds. The second-order valence-corrected chi connectivity index (χ2v) is 4.26. The number of nitrogens with one attached hydrogen (secondary N) is 1. The van der Waals surface area contributed by atoms with Crippen LogP contribution < -0.4 is 10.5 Å². The molecule has 86 valence electrons. The Morgan fingerprint density at radius 3 is 2.75 bits per heavy atom. The van der Waals surface area contributed by atoms with Gasteiger partial charge in [-0.2, -0.15) is 4.98 Å². The summed E-state index contributed by atoms with van der Waals surface area (Å²) in [6, 6.07) is 3.72. The highest BCUT2D eigenvalue weighted by molar-refractivity contribution is 5.71. The number of aromatic amines is 1. The van der Waals surface area contributed by atoms with Crippen molar-refractivity contribution in [1.82, 2.24) is 15.0 Å². The maximum absolute atomic E-state index is 5.96. The third-order valence-corrected chi connectivity index (χ3v) is 2.22. The zero-order valence-corrected chi connectivity index (χ0v) is 9.74. The first-order valence-corrected chi connectivity index (χ1v) is 5.29. The molecule has 0 spiro atoms. The Bertz CT molecular complexity index is 498. The lowest BCUT2D eigenvalue weighted by Crippen LogP contribution is -2.30. The number of hydrogen-bond acceptors (Lipinski definition) is 4.